The number of nitrogens with zero attached hydrogens (tertiary/aromatic N) is 3. The molecule has 0 spiro atoms. The maximum Gasteiger partial charge on any atom is 0.331 e. The van der Waals surface area contributed by atoms with Gasteiger partial charge in [-0.25, -0.2) is 19.7 Å². The fourth-order valence-electron chi connectivity index (χ4n) is 2.06. The maximum atomic E-state index is 12.3. The number of ether oxygens (including phenoxy) is 1. The van der Waals surface area contributed by atoms with E-state index in [9.17, 15) is 14.7 Å². The number of amides is 1. The number of hydrogen-bond donors (Lipinski definition) is 2. The van der Waals surface area contributed by atoms with Gasteiger partial charge in [0.2, 0.25) is 0 Å². The lowest BCUT2D eigenvalue weighted by Crippen LogP contribution is -2.55. The Morgan fingerprint density at radius 3 is 2.73 bits per heavy atom. The number of carboxylic acids is 1. The molecule has 114 valence electrons. The maximum absolute atomic E-state index is 12.3. The van der Waals surface area contributed by atoms with Gasteiger partial charge in [0, 0.05) is 25.4 Å². The molecule has 3 rings (SSSR count). The van der Waals surface area contributed by atoms with E-state index in [0.29, 0.717) is 22.3 Å². The average Bonchev–Trinajstić information content (AvgIpc) is 3.18. The first-order valence-corrected chi connectivity index (χ1v) is 7.29. The fraction of sp³-hybridized carbons (Fsp3) is 0.308. The number of hydrogen-bond acceptors (Lipinski definition) is 7. The number of rotatable bonds is 4. The summed E-state index contributed by atoms with van der Waals surface area (Å²) >= 11 is 1.11. The van der Waals surface area contributed by atoms with Crippen LogP contribution in [0.2, 0.25) is 0 Å². The van der Waals surface area contributed by atoms with Crippen molar-refractivity contribution in [2.75, 3.05) is 13.2 Å². The molecule has 1 amide bonds. The Kier molecular flexibility index (Phi) is 3.82. The van der Waals surface area contributed by atoms with Gasteiger partial charge in [-0.15, -0.1) is 11.3 Å². The molecule has 0 radical (unpaired) electrons. The first-order valence-electron chi connectivity index (χ1n) is 6.48. The van der Waals surface area contributed by atoms with Crippen LogP contribution in [-0.4, -0.2) is 50.7 Å². The first-order chi connectivity index (χ1) is 10.6. The standard InChI is InChI=1S/C13H12N4O4S/c18-10(17-13(12(19)20)2-5-21-7-13)8-6-16-11(22-8)9-14-3-1-4-15-9/h1,3-4,6H,2,5,7H2,(H,17,18)(H,19,20). The van der Waals surface area contributed by atoms with E-state index in [1.807, 2.05) is 0 Å². The number of aromatic nitrogens is 3. The van der Waals surface area contributed by atoms with Crippen LogP contribution in [0.4, 0.5) is 0 Å². The Bertz CT molecular complexity index is 697. The van der Waals surface area contributed by atoms with Crippen molar-refractivity contribution in [3.05, 3.63) is 29.5 Å². The largest absolute Gasteiger partial charge is 0.479 e. The molecule has 8 nitrogen and oxygen atoms in total. The van der Waals surface area contributed by atoms with Gasteiger partial charge >= 0.3 is 5.97 Å². The highest BCUT2D eigenvalue weighted by Gasteiger charge is 2.44. The van der Waals surface area contributed by atoms with Crippen molar-refractivity contribution in [2.45, 2.75) is 12.0 Å². The molecule has 0 aliphatic carbocycles. The van der Waals surface area contributed by atoms with Crippen LogP contribution in [0.15, 0.2) is 24.7 Å². The molecule has 1 atom stereocenters. The monoisotopic (exact) mass is 320 g/mol. The third-order valence-corrected chi connectivity index (χ3v) is 4.26. The quantitative estimate of drug-likeness (QED) is 0.846. The van der Waals surface area contributed by atoms with Gasteiger partial charge < -0.3 is 15.2 Å². The van der Waals surface area contributed by atoms with Gasteiger partial charge in [-0.1, -0.05) is 0 Å². The van der Waals surface area contributed by atoms with Crippen LogP contribution < -0.4 is 5.32 Å². The molecular formula is C13H12N4O4S. The van der Waals surface area contributed by atoms with Crippen LogP contribution in [-0.2, 0) is 9.53 Å². The number of carbonyl (C=O) groups excluding carboxylic acids is 1. The predicted molar refractivity (Wildman–Crippen MR) is 76.4 cm³/mol. The smallest absolute Gasteiger partial charge is 0.331 e. The minimum absolute atomic E-state index is 0.0401. The van der Waals surface area contributed by atoms with Gasteiger partial charge in [0.05, 0.1) is 12.8 Å². The minimum Gasteiger partial charge on any atom is -0.479 e. The second-order valence-corrected chi connectivity index (χ2v) is 5.78. The van der Waals surface area contributed by atoms with E-state index in [1.165, 1.54) is 6.20 Å². The summed E-state index contributed by atoms with van der Waals surface area (Å²) in [7, 11) is 0. The normalized spacial score (nSPS) is 20.7. The van der Waals surface area contributed by atoms with Crippen molar-refractivity contribution in [2.24, 2.45) is 0 Å². The molecule has 1 aliphatic heterocycles. The van der Waals surface area contributed by atoms with Crippen LogP contribution in [0, 0.1) is 0 Å². The zero-order valence-electron chi connectivity index (χ0n) is 11.4. The Morgan fingerprint density at radius 2 is 2.09 bits per heavy atom. The lowest BCUT2D eigenvalue weighted by Gasteiger charge is -2.23. The number of nitrogens with one attached hydrogen (secondary N) is 1. The molecule has 2 aromatic heterocycles. The highest BCUT2D eigenvalue weighted by Crippen LogP contribution is 2.24. The van der Waals surface area contributed by atoms with E-state index in [2.05, 4.69) is 20.3 Å². The molecule has 22 heavy (non-hydrogen) atoms. The molecule has 1 unspecified atom stereocenters. The Labute approximate surface area is 129 Å². The second kappa shape index (κ2) is 5.78. The van der Waals surface area contributed by atoms with Gasteiger partial charge in [0.1, 0.15) is 4.88 Å². The molecule has 9 heteroatoms. The number of carbonyl (C=O) groups is 2. The van der Waals surface area contributed by atoms with Crippen LogP contribution in [0.3, 0.4) is 0 Å². The summed E-state index contributed by atoms with van der Waals surface area (Å²) in [6.45, 7) is 0.264. The summed E-state index contributed by atoms with van der Waals surface area (Å²) in [4.78, 5) is 36.2. The van der Waals surface area contributed by atoms with E-state index in [-0.39, 0.29) is 13.0 Å². The third-order valence-electron chi connectivity index (χ3n) is 3.27. The predicted octanol–water partition coefficient (Wildman–Crippen LogP) is 0.574. The molecule has 0 bridgehead atoms. The van der Waals surface area contributed by atoms with E-state index < -0.39 is 17.4 Å². The fourth-order valence-corrected chi connectivity index (χ4v) is 2.82. The van der Waals surface area contributed by atoms with Crippen molar-refractivity contribution >= 4 is 23.2 Å². The highest BCUT2D eigenvalue weighted by atomic mass is 32.1. The zero-order valence-corrected chi connectivity index (χ0v) is 12.2. The zero-order chi connectivity index (χ0) is 15.6. The van der Waals surface area contributed by atoms with Gasteiger partial charge in [-0.2, -0.15) is 0 Å². The summed E-state index contributed by atoms with van der Waals surface area (Å²) in [5.41, 5.74) is -1.37. The summed E-state index contributed by atoms with van der Waals surface area (Å²) in [6, 6.07) is 1.68. The molecule has 0 saturated carbocycles. The molecule has 0 aromatic carbocycles. The SMILES string of the molecule is O=C(NC1(C(=O)O)CCOC1)c1cnc(-c2ncccn2)s1. The van der Waals surface area contributed by atoms with Gasteiger partial charge in [0.15, 0.2) is 16.4 Å². The Balaban J connectivity index is 1.79. The van der Waals surface area contributed by atoms with Crippen molar-refractivity contribution in [3.8, 4) is 10.8 Å². The van der Waals surface area contributed by atoms with E-state index in [0.717, 1.165) is 11.3 Å². The van der Waals surface area contributed by atoms with E-state index >= 15 is 0 Å². The molecule has 3 heterocycles. The average molecular weight is 320 g/mol. The lowest BCUT2D eigenvalue weighted by molar-refractivity contribution is -0.144. The number of aliphatic carboxylic acids is 1. The van der Waals surface area contributed by atoms with E-state index in [1.54, 1.807) is 18.5 Å². The summed E-state index contributed by atoms with van der Waals surface area (Å²) in [5.74, 6) is -1.18. The molecular weight excluding hydrogens is 308 g/mol. The molecule has 1 aliphatic rings. The topological polar surface area (TPSA) is 114 Å². The van der Waals surface area contributed by atoms with Crippen molar-refractivity contribution in [3.63, 3.8) is 0 Å². The second-order valence-electron chi connectivity index (χ2n) is 4.75. The van der Waals surface area contributed by atoms with Crippen LogP contribution in [0.25, 0.3) is 10.8 Å². The molecule has 2 N–H and O–H groups in total. The summed E-state index contributed by atoms with van der Waals surface area (Å²) in [5, 5.41) is 12.4. The van der Waals surface area contributed by atoms with Gasteiger partial charge in [0.25, 0.3) is 5.91 Å². The van der Waals surface area contributed by atoms with E-state index in [4.69, 9.17) is 4.74 Å². The minimum atomic E-state index is -1.37. The summed E-state index contributed by atoms with van der Waals surface area (Å²) in [6.07, 6.45) is 4.79. The number of carboxylic acid groups (broad SMARTS) is 1. The lowest BCUT2D eigenvalue weighted by atomic mass is 9.99. The van der Waals surface area contributed by atoms with Gasteiger partial charge in [-0.3, -0.25) is 4.79 Å². The third kappa shape index (κ3) is 2.68. The molecule has 2 aromatic rings. The number of thiazole rings is 1. The highest BCUT2D eigenvalue weighted by molar-refractivity contribution is 7.16. The molecule has 1 saturated heterocycles. The Morgan fingerprint density at radius 1 is 1.32 bits per heavy atom. The first kappa shape index (κ1) is 14.5. The summed E-state index contributed by atoms with van der Waals surface area (Å²) < 4.78 is 5.11. The van der Waals surface area contributed by atoms with Crippen molar-refractivity contribution < 1.29 is 19.4 Å². The molecule has 1 fully saturated rings. The van der Waals surface area contributed by atoms with Gasteiger partial charge in [-0.05, 0) is 6.07 Å². The van der Waals surface area contributed by atoms with Crippen molar-refractivity contribution in [1.29, 1.82) is 0 Å². The van der Waals surface area contributed by atoms with Crippen LogP contribution >= 0.6 is 11.3 Å². The Hall–Kier alpha value is -2.39. The van der Waals surface area contributed by atoms with Crippen LogP contribution in [0.1, 0.15) is 16.1 Å². The van der Waals surface area contributed by atoms with Crippen LogP contribution in [0.5, 0.6) is 0 Å². The van der Waals surface area contributed by atoms with Crippen molar-refractivity contribution in [1.82, 2.24) is 20.3 Å².